The van der Waals surface area contributed by atoms with Crippen molar-refractivity contribution in [2.75, 3.05) is 13.1 Å². The van der Waals surface area contributed by atoms with Gasteiger partial charge in [0.2, 0.25) is 0 Å². The molecule has 1 saturated heterocycles. The van der Waals surface area contributed by atoms with E-state index < -0.39 is 0 Å². The number of nitrogens with one attached hydrogen (secondary N) is 2. The van der Waals surface area contributed by atoms with Gasteiger partial charge in [-0.2, -0.15) is 0 Å². The third-order valence-electron chi connectivity index (χ3n) is 2.70. The van der Waals surface area contributed by atoms with Crippen molar-refractivity contribution >= 4 is 0 Å². The lowest BCUT2D eigenvalue weighted by Gasteiger charge is -2.22. The maximum Gasteiger partial charge on any atom is 0.345 e. The monoisotopic (exact) mass is 193 g/mol. The number of H-pyrrole nitrogens is 1. The van der Waals surface area contributed by atoms with Gasteiger partial charge >= 0.3 is 5.69 Å². The molecule has 0 bridgehead atoms. The number of hydrogen-bond acceptors (Lipinski definition) is 3. The minimum Gasteiger partial charge on any atom is -0.317 e. The molecule has 14 heavy (non-hydrogen) atoms. The Morgan fingerprint density at radius 3 is 2.93 bits per heavy atom. The summed E-state index contributed by atoms with van der Waals surface area (Å²) in [7, 11) is 0. The van der Waals surface area contributed by atoms with E-state index in [2.05, 4.69) is 15.3 Å². The lowest BCUT2D eigenvalue weighted by atomic mass is 9.93. The van der Waals surface area contributed by atoms with Gasteiger partial charge in [-0.1, -0.05) is 0 Å². The van der Waals surface area contributed by atoms with E-state index in [1.807, 2.05) is 6.07 Å². The predicted octanol–water partition coefficient (Wildman–Crippen LogP) is 0.312. The number of aromatic nitrogens is 2. The number of hydrogen-bond donors (Lipinski definition) is 2. The molecule has 1 aromatic rings. The Morgan fingerprint density at radius 1 is 1.43 bits per heavy atom. The van der Waals surface area contributed by atoms with Crippen LogP contribution < -0.4 is 11.0 Å². The van der Waals surface area contributed by atoms with E-state index in [1.165, 1.54) is 12.8 Å². The number of piperidine rings is 1. The summed E-state index contributed by atoms with van der Waals surface area (Å²) in [4.78, 5) is 17.3. The van der Waals surface area contributed by atoms with Crippen molar-refractivity contribution in [3.8, 4) is 0 Å². The van der Waals surface area contributed by atoms with Crippen LogP contribution in [0.3, 0.4) is 0 Å². The van der Waals surface area contributed by atoms with Gasteiger partial charge in [-0.25, -0.2) is 9.78 Å². The SMILES string of the molecule is O=c1nccc(CC2CCNCC2)[nH]1. The molecule has 1 aromatic heterocycles. The number of aromatic amines is 1. The van der Waals surface area contributed by atoms with Crippen LogP contribution in [-0.2, 0) is 6.42 Å². The van der Waals surface area contributed by atoms with Gasteiger partial charge in [0.25, 0.3) is 0 Å². The molecule has 0 radical (unpaired) electrons. The van der Waals surface area contributed by atoms with E-state index >= 15 is 0 Å². The molecule has 4 nitrogen and oxygen atoms in total. The fourth-order valence-corrected chi connectivity index (χ4v) is 1.92. The summed E-state index contributed by atoms with van der Waals surface area (Å²) in [6.07, 6.45) is 4.95. The van der Waals surface area contributed by atoms with Crippen molar-refractivity contribution in [1.29, 1.82) is 0 Å². The van der Waals surface area contributed by atoms with Gasteiger partial charge in [0.05, 0.1) is 0 Å². The summed E-state index contributed by atoms with van der Waals surface area (Å²) in [5.74, 6) is 0.703. The molecular formula is C10H15N3O. The molecule has 1 aliphatic rings. The summed E-state index contributed by atoms with van der Waals surface area (Å²) in [6, 6.07) is 1.89. The smallest absolute Gasteiger partial charge is 0.317 e. The van der Waals surface area contributed by atoms with E-state index in [4.69, 9.17) is 0 Å². The lowest BCUT2D eigenvalue weighted by Crippen LogP contribution is -2.29. The Kier molecular flexibility index (Phi) is 2.93. The fraction of sp³-hybridized carbons (Fsp3) is 0.600. The van der Waals surface area contributed by atoms with Gasteiger partial charge in [0, 0.05) is 11.9 Å². The highest BCUT2D eigenvalue weighted by atomic mass is 16.1. The van der Waals surface area contributed by atoms with E-state index in [9.17, 15) is 4.79 Å². The van der Waals surface area contributed by atoms with Gasteiger partial charge in [-0.3, -0.25) is 0 Å². The maximum atomic E-state index is 11.0. The molecule has 2 rings (SSSR count). The van der Waals surface area contributed by atoms with E-state index in [0.29, 0.717) is 5.92 Å². The van der Waals surface area contributed by atoms with Crippen molar-refractivity contribution < 1.29 is 0 Å². The molecule has 0 aromatic carbocycles. The third-order valence-corrected chi connectivity index (χ3v) is 2.70. The molecule has 4 heteroatoms. The standard InChI is InChI=1S/C10H15N3O/c14-10-12-6-3-9(13-10)7-8-1-4-11-5-2-8/h3,6,8,11H,1-2,4-5,7H2,(H,12,13,14). The average molecular weight is 193 g/mol. The van der Waals surface area contributed by atoms with Gasteiger partial charge in [0.15, 0.2) is 0 Å². The molecule has 0 spiro atoms. The van der Waals surface area contributed by atoms with Crippen molar-refractivity contribution in [3.05, 3.63) is 28.4 Å². The van der Waals surface area contributed by atoms with Crippen LogP contribution in [0.5, 0.6) is 0 Å². The van der Waals surface area contributed by atoms with Crippen molar-refractivity contribution in [2.45, 2.75) is 19.3 Å². The highest BCUT2D eigenvalue weighted by Crippen LogP contribution is 2.15. The van der Waals surface area contributed by atoms with Crippen LogP contribution in [0.1, 0.15) is 18.5 Å². The topological polar surface area (TPSA) is 57.8 Å². The first-order valence-electron chi connectivity index (χ1n) is 5.09. The predicted molar refractivity (Wildman–Crippen MR) is 54.2 cm³/mol. The van der Waals surface area contributed by atoms with Gasteiger partial charge in [-0.05, 0) is 44.3 Å². The summed E-state index contributed by atoms with van der Waals surface area (Å²) in [5.41, 5.74) is 0.772. The molecule has 1 aliphatic heterocycles. The lowest BCUT2D eigenvalue weighted by molar-refractivity contribution is 0.370. The maximum absolute atomic E-state index is 11.0. The van der Waals surface area contributed by atoms with Crippen LogP contribution in [0, 0.1) is 5.92 Å². The van der Waals surface area contributed by atoms with Crippen LogP contribution in [0.4, 0.5) is 0 Å². The molecular weight excluding hydrogens is 178 g/mol. The Hall–Kier alpha value is -1.16. The molecule has 2 heterocycles. The van der Waals surface area contributed by atoms with E-state index in [1.54, 1.807) is 6.20 Å². The first-order valence-corrected chi connectivity index (χ1v) is 5.09. The zero-order valence-corrected chi connectivity index (χ0v) is 8.12. The Bertz CT molecular complexity index is 341. The largest absolute Gasteiger partial charge is 0.345 e. The fourth-order valence-electron chi connectivity index (χ4n) is 1.92. The summed E-state index contributed by atoms with van der Waals surface area (Å²) >= 11 is 0. The molecule has 0 atom stereocenters. The Morgan fingerprint density at radius 2 is 2.21 bits per heavy atom. The van der Waals surface area contributed by atoms with Crippen LogP contribution in [0.25, 0.3) is 0 Å². The number of nitrogens with zero attached hydrogens (tertiary/aromatic N) is 1. The molecule has 2 N–H and O–H groups in total. The summed E-state index contributed by atoms with van der Waals surface area (Å²) < 4.78 is 0. The molecule has 0 amide bonds. The van der Waals surface area contributed by atoms with Gasteiger partial charge in [-0.15, -0.1) is 0 Å². The molecule has 0 unspecified atom stereocenters. The van der Waals surface area contributed by atoms with E-state index in [0.717, 1.165) is 25.2 Å². The zero-order valence-electron chi connectivity index (χ0n) is 8.12. The number of rotatable bonds is 2. The molecule has 0 aliphatic carbocycles. The highest BCUT2D eigenvalue weighted by molar-refractivity contribution is 4.99. The second-order valence-electron chi connectivity index (χ2n) is 3.80. The second kappa shape index (κ2) is 4.37. The zero-order chi connectivity index (χ0) is 9.80. The Labute approximate surface area is 82.8 Å². The van der Waals surface area contributed by atoms with Crippen LogP contribution in [0.2, 0.25) is 0 Å². The third kappa shape index (κ3) is 2.42. The molecule has 76 valence electrons. The van der Waals surface area contributed by atoms with Crippen LogP contribution >= 0.6 is 0 Å². The quantitative estimate of drug-likeness (QED) is 0.710. The van der Waals surface area contributed by atoms with E-state index in [-0.39, 0.29) is 5.69 Å². The first kappa shape index (κ1) is 9.40. The van der Waals surface area contributed by atoms with Gasteiger partial charge < -0.3 is 10.3 Å². The minimum absolute atomic E-state index is 0.239. The second-order valence-corrected chi connectivity index (χ2v) is 3.80. The highest BCUT2D eigenvalue weighted by Gasteiger charge is 2.13. The van der Waals surface area contributed by atoms with Crippen LogP contribution in [-0.4, -0.2) is 23.1 Å². The summed E-state index contributed by atoms with van der Waals surface area (Å²) in [5, 5.41) is 3.33. The summed E-state index contributed by atoms with van der Waals surface area (Å²) in [6.45, 7) is 2.19. The van der Waals surface area contributed by atoms with Crippen molar-refractivity contribution in [3.63, 3.8) is 0 Å². The first-order chi connectivity index (χ1) is 6.84. The average Bonchev–Trinajstić information content (AvgIpc) is 2.19. The molecule has 0 saturated carbocycles. The van der Waals surface area contributed by atoms with Crippen molar-refractivity contribution in [1.82, 2.24) is 15.3 Å². The normalized spacial score (nSPS) is 18.3. The minimum atomic E-state index is -0.239. The van der Waals surface area contributed by atoms with Crippen molar-refractivity contribution in [2.24, 2.45) is 5.92 Å². The van der Waals surface area contributed by atoms with Gasteiger partial charge in [0.1, 0.15) is 0 Å². The Balaban J connectivity index is 1.99. The molecule has 1 fully saturated rings. The van der Waals surface area contributed by atoms with Crippen LogP contribution in [0.15, 0.2) is 17.1 Å².